The second kappa shape index (κ2) is 8.67. The number of carboxylic acids is 1. The van der Waals surface area contributed by atoms with E-state index in [0.717, 1.165) is 0 Å². The molecule has 3 rings (SSSR count). The molecule has 168 valence electrons. The van der Waals surface area contributed by atoms with Crippen LogP contribution in [0, 0.1) is 16.7 Å². The van der Waals surface area contributed by atoms with Gasteiger partial charge in [0.15, 0.2) is 5.54 Å². The highest BCUT2D eigenvalue weighted by molar-refractivity contribution is 6.31. The first-order valence-electron chi connectivity index (χ1n) is 9.97. The molecule has 8 nitrogen and oxygen atoms in total. The number of hydrogen-bond donors (Lipinski definition) is 1. The molecule has 0 radical (unpaired) electrons. The number of halogens is 1. The lowest BCUT2D eigenvalue weighted by molar-refractivity contribution is -0.154. The number of nitrogens with zero attached hydrogens (tertiary/aromatic N) is 3. The molecule has 1 aromatic carbocycles. The Morgan fingerprint density at radius 1 is 1.34 bits per heavy atom. The summed E-state index contributed by atoms with van der Waals surface area (Å²) in [5, 5.41) is 24.3. The third-order valence-corrected chi connectivity index (χ3v) is 6.01. The predicted octanol–water partition coefficient (Wildman–Crippen LogP) is 4.04. The van der Waals surface area contributed by atoms with Gasteiger partial charge in [0.25, 0.3) is 5.56 Å². The standard InChI is InChI=1S/C23H24ClN3O5/c1-22(2,3)23(21(29)30,11-16-7-8-32-26-16)27-13-19(31-4)18(10-20(27)28)17-9-15(24)6-5-14(17)12-25/h5-6,9-10,13H,7-8,11H2,1-4H3,(H,29,30). The maximum Gasteiger partial charge on any atom is 0.330 e. The summed E-state index contributed by atoms with van der Waals surface area (Å²) in [4.78, 5) is 31.2. The molecule has 32 heavy (non-hydrogen) atoms. The normalized spacial score (nSPS) is 15.3. The lowest BCUT2D eigenvalue weighted by Gasteiger charge is -2.42. The number of carbonyl (C=O) groups is 1. The number of oxime groups is 1. The van der Waals surface area contributed by atoms with E-state index in [1.165, 1.54) is 23.9 Å². The number of aromatic nitrogens is 1. The van der Waals surface area contributed by atoms with Crippen LogP contribution in [0.5, 0.6) is 5.75 Å². The number of ether oxygens (including phenoxy) is 1. The van der Waals surface area contributed by atoms with Crippen LogP contribution in [0.4, 0.5) is 0 Å². The molecular formula is C23H24ClN3O5. The lowest BCUT2D eigenvalue weighted by Crippen LogP contribution is -2.56. The minimum Gasteiger partial charge on any atom is -0.495 e. The Morgan fingerprint density at radius 3 is 2.59 bits per heavy atom. The summed E-state index contributed by atoms with van der Waals surface area (Å²) in [6.07, 6.45) is 1.87. The molecule has 0 fully saturated rings. The van der Waals surface area contributed by atoms with E-state index in [0.29, 0.717) is 40.5 Å². The minimum atomic E-state index is -1.66. The quantitative estimate of drug-likeness (QED) is 0.700. The Labute approximate surface area is 190 Å². The second-order valence-electron chi connectivity index (χ2n) is 8.60. The predicted molar refractivity (Wildman–Crippen MR) is 120 cm³/mol. The molecule has 9 heteroatoms. The maximum absolute atomic E-state index is 13.4. The van der Waals surface area contributed by atoms with Crippen LogP contribution in [0.2, 0.25) is 5.02 Å². The first-order chi connectivity index (χ1) is 15.0. The molecule has 0 amide bonds. The summed E-state index contributed by atoms with van der Waals surface area (Å²) in [5.41, 5.74) is -1.44. The second-order valence-corrected chi connectivity index (χ2v) is 9.03. The summed E-state index contributed by atoms with van der Waals surface area (Å²) in [7, 11) is 1.42. The van der Waals surface area contributed by atoms with E-state index in [9.17, 15) is 20.0 Å². The van der Waals surface area contributed by atoms with Gasteiger partial charge in [0, 0.05) is 35.1 Å². The van der Waals surface area contributed by atoms with Crippen molar-refractivity contribution >= 4 is 23.3 Å². The van der Waals surface area contributed by atoms with Gasteiger partial charge in [-0.1, -0.05) is 37.5 Å². The van der Waals surface area contributed by atoms with Crippen LogP contribution in [0.3, 0.4) is 0 Å². The van der Waals surface area contributed by atoms with Gasteiger partial charge < -0.3 is 14.7 Å². The Balaban J connectivity index is 2.31. The van der Waals surface area contributed by atoms with Gasteiger partial charge in [0.2, 0.25) is 0 Å². The third-order valence-electron chi connectivity index (χ3n) is 5.77. The molecular weight excluding hydrogens is 434 g/mol. The number of rotatable bonds is 6. The molecule has 0 bridgehead atoms. The Bertz CT molecular complexity index is 1190. The zero-order chi connectivity index (χ0) is 23.7. The number of pyridine rings is 1. The highest BCUT2D eigenvalue weighted by atomic mass is 35.5. The van der Waals surface area contributed by atoms with Crippen LogP contribution in [0.1, 0.15) is 39.2 Å². The minimum absolute atomic E-state index is 0.00511. The van der Waals surface area contributed by atoms with Gasteiger partial charge in [0.05, 0.1) is 30.7 Å². The highest BCUT2D eigenvalue weighted by Crippen LogP contribution is 2.42. The van der Waals surface area contributed by atoms with Crippen molar-refractivity contribution in [2.24, 2.45) is 10.6 Å². The van der Waals surface area contributed by atoms with Gasteiger partial charge in [-0.25, -0.2) is 4.79 Å². The zero-order valence-corrected chi connectivity index (χ0v) is 19.1. The van der Waals surface area contributed by atoms with Gasteiger partial charge in [-0.15, -0.1) is 0 Å². The lowest BCUT2D eigenvalue weighted by atomic mass is 9.69. The Kier molecular flexibility index (Phi) is 6.33. The number of nitriles is 1. The smallest absolute Gasteiger partial charge is 0.330 e. The first kappa shape index (κ1) is 23.4. The Hall–Kier alpha value is -3.31. The average molecular weight is 458 g/mol. The highest BCUT2D eigenvalue weighted by Gasteiger charge is 2.52. The summed E-state index contributed by atoms with van der Waals surface area (Å²) in [6.45, 7) is 5.65. The van der Waals surface area contributed by atoms with Crippen LogP contribution in [-0.2, 0) is 15.2 Å². The summed E-state index contributed by atoms with van der Waals surface area (Å²) in [6, 6.07) is 8.06. The monoisotopic (exact) mass is 457 g/mol. The first-order valence-corrected chi connectivity index (χ1v) is 10.3. The number of methoxy groups -OCH3 is 1. The van der Waals surface area contributed by atoms with E-state index in [1.54, 1.807) is 39.0 Å². The largest absolute Gasteiger partial charge is 0.495 e. The number of aliphatic carboxylic acids is 1. The van der Waals surface area contributed by atoms with E-state index in [4.69, 9.17) is 21.2 Å². The fourth-order valence-corrected chi connectivity index (χ4v) is 4.17. The van der Waals surface area contributed by atoms with Crippen LogP contribution in [0.25, 0.3) is 11.1 Å². The van der Waals surface area contributed by atoms with Crippen molar-refractivity contribution in [2.45, 2.75) is 39.2 Å². The molecule has 1 N–H and O–H groups in total. The molecule has 1 aliphatic rings. The maximum atomic E-state index is 13.4. The molecule has 0 aliphatic carbocycles. The molecule has 2 aromatic rings. The van der Waals surface area contributed by atoms with Crippen molar-refractivity contribution in [1.29, 1.82) is 5.26 Å². The molecule has 0 spiro atoms. The van der Waals surface area contributed by atoms with Crippen molar-refractivity contribution in [1.82, 2.24) is 4.57 Å². The molecule has 1 aliphatic heterocycles. The van der Waals surface area contributed by atoms with Crippen molar-refractivity contribution in [3.05, 3.63) is 51.4 Å². The van der Waals surface area contributed by atoms with Crippen LogP contribution in [-0.4, -0.2) is 35.1 Å². The van der Waals surface area contributed by atoms with E-state index >= 15 is 0 Å². The summed E-state index contributed by atoms with van der Waals surface area (Å²) in [5.74, 6) is -0.931. The molecule has 1 aromatic heterocycles. The molecule has 1 unspecified atom stereocenters. The molecule has 1 atom stereocenters. The molecule has 0 saturated carbocycles. The van der Waals surface area contributed by atoms with Gasteiger partial charge in [-0.2, -0.15) is 5.26 Å². The van der Waals surface area contributed by atoms with Crippen molar-refractivity contribution in [3.8, 4) is 22.9 Å². The number of carboxylic acid groups (broad SMARTS) is 1. The van der Waals surface area contributed by atoms with Gasteiger partial charge in [0.1, 0.15) is 12.4 Å². The zero-order valence-electron chi connectivity index (χ0n) is 18.3. The van der Waals surface area contributed by atoms with Crippen LogP contribution < -0.4 is 10.3 Å². The summed E-state index contributed by atoms with van der Waals surface area (Å²) >= 11 is 6.12. The van der Waals surface area contributed by atoms with E-state index in [2.05, 4.69) is 11.2 Å². The SMILES string of the molecule is COc1cn(C(CC2=NOCC2)(C(=O)O)C(C)(C)C)c(=O)cc1-c1cc(Cl)ccc1C#N. The van der Waals surface area contributed by atoms with E-state index in [1.807, 2.05) is 0 Å². The molecule has 0 saturated heterocycles. The molecule has 2 heterocycles. The third kappa shape index (κ3) is 3.96. The van der Waals surface area contributed by atoms with Crippen LogP contribution in [0.15, 0.2) is 40.4 Å². The number of benzene rings is 1. The van der Waals surface area contributed by atoms with E-state index < -0.39 is 22.5 Å². The Morgan fingerprint density at radius 2 is 2.06 bits per heavy atom. The van der Waals surface area contributed by atoms with E-state index in [-0.39, 0.29) is 12.2 Å². The van der Waals surface area contributed by atoms with Gasteiger partial charge >= 0.3 is 5.97 Å². The fraction of sp³-hybridized carbons (Fsp3) is 0.391. The van der Waals surface area contributed by atoms with Crippen molar-refractivity contribution in [3.63, 3.8) is 0 Å². The summed E-state index contributed by atoms with van der Waals surface area (Å²) < 4.78 is 6.72. The average Bonchev–Trinajstić information content (AvgIpc) is 3.24. The van der Waals surface area contributed by atoms with Crippen molar-refractivity contribution < 1.29 is 19.5 Å². The van der Waals surface area contributed by atoms with Gasteiger partial charge in [-0.05, 0) is 23.6 Å². The van der Waals surface area contributed by atoms with Crippen LogP contribution >= 0.6 is 11.6 Å². The topological polar surface area (TPSA) is 114 Å². The fourth-order valence-electron chi connectivity index (χ4n) is 4.00. The van der Waals surface area contributed by atoms with Crippen molar-refractivity contribution in [2.75, 3.05) is 13.7 Å². The number of hydrogen-bond acceptors (Lipinski definition) is 6. The van der Waals surface area contributed by atoms with Gasteiger partial charge in [-0.3, -0.25) is 9.36 Å².